The van der Waals surface area contributed by atoms with Crippen LogP contribution in [-0.4, -0.2) is 22.8 Å². The number of amides is 2. The minimum atomic E-state index is -0.334. The average molecular weight is 385 g/mol. The van der Waals surface area contributed by atoms with Crippen LogP contribution in [0.5, 0.6) is 0 Å². The second kappa shape index (κ2) is 7.51. The summed E-state index contributed by atoms with van der Waals surface area (Å²) in [5, 5.41) is 2.87. The highest BCUT2D eigenvalue weighted by molar-refractivity contribution is 6.10. The molecule has 1 aromatic heterocycles. The molecule has 4 rings (SSSR count). The smallest absolute Gasteiger partial charge is 0.274 e. The molecular formula is C24H23N3O2. The Bertz CT molecular complexity index is 1090. The van der Waals surface area contributed by atoms with Gasteiger partial charge in [0.15, 0.2) is 0 Å². The molecule has 1 unspecified atom stereocenters. The maximum Gasteiger partial charge on any atom is 0.274 e. The van der Waals surface area contributed by atoms with Crippen LogP contribution in [0.1, 0.15) is 44.5 Å². The van der Waals surface area contributed by atoms with Gasteiger partial charge in [-0.1, -0.05) is 24.3 Å². The molecule has 1 atom stereocenters. The van der Waals surface area contributed by atoms with E-state index in [9.17, 15) is 9.59 Å². The Kier molecular flexibility index (Phi) is 4.89. The molecule has 2 amide bonds. The molecule has 0 saturated carbocycles. The first-order valence-electron chi connectivity index (χ1n) is 9.69. The first-order valence-corrected chi connectivity index (χ1v) is 9.69. The third-order valence-electron chi connectivity index (χ3n) is 5.15. The van der Waals surface area contributed by atoms with Gasteiger partial charge in [0, 0.05) is 29.2 Å². The molecule has 5 nitrogen and oxygen atoms in total. The zero-order valence-electron chi connectivity index (χ0n) is 16.8. The Labute approximate surface area is 170 Å². The summed E-state index contributed by atoms with van der Waals surface area (Å²) in [7, 11) is 0. The summed E-state index contributed by atoms with van der Waals surface area (Å²) in [6.07, 6.45) is 2.34. The molecule has 0 spiro atoms. The van der Waals surface area contributed by atoms with E-state index in [1.54, 1.807) is 17.0 Å². The number of hydrogen-bond acceptors (Lipinski definition) is 3. The van der Waals surface area contributed by atoms with Gasteiger partial charge in [-0.25, -0.2) is 0 Å². The molecule has 5 heteroatoms. The van der Waals surface area contributed by atoms with Crippen LogP contribution in [0.3, 0.4) is 0 Å². The molecular weight excluding hydrogens is 362 g/mol. The summed E-state index contributed by atoms with van der Waals surface area (Å²) in [4.78, 5) is 31.9. The van der Waals surface area contributed by atoms with Crippen LogP contribution in [0.15, 0.2) is 60.8 Å². The summed E-state index contributed by atoms with van der Waals surface area (Å²) < 4.78 is 0. The fourth-order valence-electron chi connectivity index (χ4n) is 3.94. The molecule has 2 heterocycles. The first-order chi connectivity index (χ1) is 13.9. The van der Waals surface area contributed by atoms with Gasteiger partial charge in [0.25, 0.3) is 11.8 Å². The van der Waals surface area contributed by atoms with E-state index >= 15 is 0 Å². The predicted octanol–water partition coefficient (Wildman–Crippen LogP) is 4.54. The van der Waals surface area contributed by atoms with Crippen LogP contribution < -0.4 is 10.2 Å². The van der Waals surface area contributed by atoms with Crippen molar-refractivity contribution in [3.05, 3.63) is 88.7 Å². The first kappa shape index (κ1) is 18.9. The Morgan fingerprint density at radius 2 is 1.76 bits per heavy atom. The Hall–Kier alpha value is -3.47. The number of aromatic nitrogens is 1. The summed E-state index contributed by atoms with van der Waals surface area (Å²) >= 11 is 0. The van der Waals surface area contributed by atoms with Crippen molar-refractivity contribution in [2.75, 3.05) is 10.2 Å². The van der Waals surface area contributed by atoms with Crippen molar-refractivity contribution in [3.8, 4) is 0 Å². The number of pyridine rings is 1. The molecule has 0 radical (unpaired) electrons. The number of para-hydroxylation sites is 1. The lowest BCUT2D eigenvalue weighted by Gasteiger charge is -2.23. The topological polar surface area (TPSA) is 62.3 Å². The lowest BCUT2D eigenvalue weighted by molar-refractivity contribution is 0.0981. The molecule has 29 heavy (non-hydrogen) atoms. The number of hydrogen-bond donors (Lipinski definition) is 1. The minimum Gasteiger partial charge on any atom is -0.321 e. The van der Waals surface area contributed by atoms with Gasteiger partial charge in [-0.2, -0.15) is 0 Å². The van der Waals surface area contributed by atoms with Crippen molar-refractivity contribution in [3.63, 3.8) is 0 Å². The normalized spacial score (nSPS) is 15.1. The van der Waals surface area contributed by atoms with Gasteiger partial charge in [0.1, 0.15) is 5.69 Å². The zero-order valence-corrected chi connectivity index (χ0v) is 16.8. The second-order valence-electron chi connectivity index (χ2n) is 7.62. The number of anilines is 2. The number of carbonyl (C=O) groups excluding carboxylic acids is 2. The van der Waals surface area contributed by atoms with Gasteiger partial charge >= 0.3 is 0 Å². The standard InChI is InChI=1S/C24H23N3O2/c1-15-10-16(2)12-20(11-15)26-23(28)21-14-19(8-9-25-21)24(29)27-17(3)13-18-6-4-5-7-22(18)27/h4-12,14,17H,13H2,1-3H3,(H,26,28). The molecule has 0 bridgehead atoms. The summed E-state index contributed by atoms with van der Waals surface area (Å²) in [6.45, 7) is 6.00. The number of carbonyl (C=O) groups is 2. The van der Waals surface area contributed by atoms with E-state index in [1.807, 2.05) is 63.2 Å². The van der Waals surface area contributed by atoms with Crippen molar-refractivity contribution < 1.29 is 9.59 Å². The number of benzene rings is 2. The molecule has 2 aromatic carbocycles. The fourth-order valence-corrected chi connectivity index (χ4v) is 3.94. The number of nitrogens with one attached hydrogen (secondary N) is 1. The monoisotopic (exact) mass is 385 g/mol. The van der Waals surface area contributed by atoms with Crippen LogP contribution in [0.25, 0.3) is 0 Å². The van der Waals surface area contributed by atoms with E-state index < -0.39 is 0 Å². The molecule has 146 valence electrons. The van der Waals surface area contributed by atoms with Crippen LogP contribution in [0.4, 0.5) is 11.4 Å². The highest BCUT2D eigenvalue weighted by Gasteiger charge is 2.31. The van der Waals surface area contributed by atoms with E-state index in [0.29, 0.717) is 11.3 Å². The zero-order chi connectivity index (χ0) is 20.5. The van der Waals surface area contributed by atoms with E-state index in [-0.39, 0.29) is 23.6 Å². The lowest BCUT2D eigenvalue weighted by Crippen LogP contribution is -2.35. The van der Waals surface area contributed by atoms with Crippen LogP contribution >= 0.6 is 0 Å². The van der Waals surface area contributed by atoms with Gasteiger partial charge in [0.05, 0.1) is 0 Å². The van der Waals surface area contributed by atoms with Crippen LogP contribution in [0.2, 0.25) is 0 Å². The van der Waals surface area contributed by atoms with E-state index in [4.69, 9.17) is 0 Å². The number of rotatable bonds is 3. The Balaban J connectivity index is 1.59. The van der Waals surface area contributed by atoms with Crippen molar-refractivity contribution in [2.24, 2.45) is 0 Å². The van der Waals surface area contributed by atoms with Crippen LogP contribution in [0, 0.1) is 13.8 Å². The molecule has 1 aliphatic heterocycles. The average Bonchev–Trinajstić information content (AvgIpc) is 3.02. The maximum atomic E-state index is 13.2. The van der Waals surface area contributed by atoms with Gasteiger partial charge in [-0.05, 0) is 74.2 Å². The minimum absolute atomic E-state index is 0.0700. The predicted molar refractivity (Wildman–Crippen MR) is 115 cm³/mol. The molecule has 0 fully saturated rings. The highest BCUT2D eigenvalue weighted by Crippen LogP contribution is 2.33. The molecule has 3 aromatic rings. The Morgan fingerprint density at radius 1 is 1.03 bits per heavy atom. The quantitative estimate of drug-likeness (QED) is 0.720. The molecule has 0 saturated heterocycles. The molecule has 0 aliphatic carbocycles. The maximum absolute atomic E-state index is 13.2. The number of fused-ring (bicyclic) bond motifs is 1. The lowest BCUT2D eigenvalue weighted by atomic mass is 10.1. The van der Waals surface area contributed by atoms with Crippen molar-refractivity contribution in [1.82, 2.24) is 4.98 Å². The van der Waals surface area contributed by atoms with Gasteiger partial charge < -0.3 is 10.2 Å². The van der Waals surface area contributed by atoms with Crippen molar-refractivity contribution in [1.29, 1.82) is 0 Å². The summed E-state index contributed by atoms with van der Waals surface area (Å²) in [6, 6.07) is 17.1. The third-order valence-corrected chi connectivity index (χ3v) is 5.15. The number of aryl methyl sites for hydroxylation is 2. The van der Waals surface area contributed by atoms with Crippen molar-refractivity contribution in [2.45, 2.75) is 33.2 Å². The Morgan fingerprint density at radius 3 is 2.52 bits per heavy atom. The van der Waals surface area contributed by atoms with E-state index in [2.05, 4.69) is 10.3 Å². The van der Waals surface area contributed by atoms with Crippen LogP contribution in [-0.2, 0) is 6.42 Å². The van der Waals surface area contributed by atoms with Gasteiger partial charge in [-0.3, -0.25) is 14.6 Å². The molecule has 1 N–H and O–H groups in total. The van der Waals surface area contributed by atoms with E-state index in [1.165, 1.54) is 6.20 Å². The van der Waals surface area contributed by atoms with E-state index in [0.717, 1.165) is 28.8 Å². The number of nitrogens with zero attached hydrogens (tertiary/aromatic N) is 2. The largest absolute Gasteiger partial charge is 0.321 e. The van der Waals surface area contributed by atoms with Gasteiger partial charge in [-0.15, -0.1) is 0 Å². The second-order valence-corrected chi connectivity index (χ2v) is 7.62. The molecule has 1 aliphatic rings. The van der Waals surface area contributed by atoms with Crippen molar-refractivity contribution >= 4 is 23.2 Å². The highest BCUT2D eigenvalue weighted by atomic mass is 16.2. The SMILES string of the molecule is Cc1cc(C)cc(NC(=O)c2cc(C(=O)N3c4ccccc4CC3C)ccn2)c1. The van der Waals surface area contributed by atoms with Gasteiger partial charge in [0.2, 0.25) is 0 Å². The summed E-state index contributed by atoms with van der Waals surface area (Å²) in [5.41, 5.74) is 5.62. The summed E-state index contributed by atoms with van der Waals surface area (Å²) in [5.74, 6) is -0.454. The third kappa shape index (κ3) is 3.76. The fraction of sp³-hybridized carbons (Fsp3) is 0.208.